The molecule has 0 aromatic rings. The number of rotatable bonds is 9. The number of nitrogens with zero attached hydrogens (tertiary/aromatic N) is 3. The SMILES string of the molecule is CCN(CC)P(CF)(N(CC)CC)=[N+](CC)CC. The van der Waals surface area contributed by atoms with E-state index in [0.717, 1.165) is 39.3 Å². The van der Waals surface area contributed by atoms with E-state index in [0.29, 0.717) is 0 Å². The Morgan fingerprint density at radius 3 is 1.28 bits per heavy atom. The summed E-state index contributed by atoms with van der Waals surface area (Å²) in [4.78, 5) is 0. The molecule has 0 atom stereocenters. The first-order valence-corrected chi connectivity index (χ1v) is 9.16. The van der Waals surface area contributed by atoms with Crippen LogP contribution in [0.1, 0.15) is 41.5 Å². The van der Waals surface area contributed by atoms with E-state index in [1.54, 1.807) is 0 Å². The van der Waals surface area contributed by atoms with Gasteiger partial charge in [-0.2, -0.15) is 0 Å². The van der Waals surface area contributed by atoms with Gasteiger partial charge in [0.25, 0.3) is 7.36 Å². The Morgan fingerprint density at radius 1 is 0.778 bits per heavy atom. The van der Waals surface area contributed by atoms with Crippen LogP contribution in [0.25, 0.3) is 0 Å². The summed E-state index contributed by atoms with van der Waals surface area (Å²) in [6.45, 7) is 18.3. The minimum atomic E-state index is -1.97. The fourth-order valence-corrected chi connectivity index (χ4v) is 7.04. The predicted molar refractivity (Wildman–Crippen MR) is 80.1 cm³/mol. The molecule has 0 saturated heterocycles. The summed E-state index contributed by atoms with van der Waals surface area (Å²) in [5, 5.41) is 0. The van der Waals surface area contributed by atoms with E-state index in [1.807, 2.05) is 0 Å². The second-order valence-electron chi connectivity index (χ2n) is 4.23. The van der Waals surface area contributed by atoms with Crippen LogP contribution in [0.5, 0.6) is 0 Å². The van der Waals surface area contributed by atoms with Crippen molar-refractivity contribution in [2.45, 2.75) is 41.5 Å². The standard InChI is InChI=1S/C13H32FN3P/c1-7-15(8-2)18(13-14,16(9-3)10-4)17(11-5)12-6/h7-13H2,1-6H3/q+1. The third-order valence-electron chi connectivity index (χ3n) is 3.71. The van der Waals surface area contributed by atoms with Crippen molar-refractivity contribution in [3.05, 3.63) is 0 Å². The van der Waals surface area contributed by atoms with E-state index < -0.39 is 7.36 Å². The third-order valence-corrected chi connectivity index (χ3v) is 8.45. The largest absolute Gasteiger partial charge is 0.267 e. The first-order chi connectivity index (χ1) is 8.62. The maximum atomic E-state index is 14.1. The normalized spacial score (nSPS) is 12.5. The molecule has 0 fully saturated rings. The third kappa shape index (κ3) is 3.34. The van der Waals surface area contributed by atoms with Crippen molar-refractivity contribution in [1.82, 2.24) is 9.34 Å². The van der Waals surface area contributed by atoms with Gasteiger partial charge in [-0.3, -0.25) is 0 Å². The smallest absolute Gasteiger partial charge is 0.237 e. The van der Waals surface area contributed by atoms with Crippen LogP contribution in [0.3, 0.4) is 0 Å². The summed E-state index contributed by atoms with van der Waals surface area (Å²) in [6.07, 6.45) is -0.238. The molecule has 0 aliphatic carbocycles. The lowest BCUT2D eigenvalue weighted by Crippen LogP contribution is -2.38. The summed E-state index contributed by atoms with van der Waals surface area (Å²) in [6, 6.07) is 0. The van der Waals surface area contributed by atoms with Crippen molar-refractivity contribution in [1.29, 1.82) is 0 Å². The Morgan fingerprint density at radius 2 is 1.11 bits per heavy atom. The molecule has 0 rings (SSSR count). The van der Waals surface area contributed by atoms with E-state index >= 15 is 0 Å². The van der Waals surface area contributed by atoms with Gasteiger partial charge in [-0.05, 0) is 13.8 Å². The van der Waals surface area contributed by atoms with Gasteiger partial charge in [-0.25, -0.2) is 18.1 Å². The lowest BCUT2D eigenvalue weighted by atomic mass is 10.7. The summed E-state index contributed by atoms with van der Waals surface area (Å²) in [5.41, 5.74) is 0. The van der Waals surface area contributed by atoms with Crippen LogP contribution in [0, 0.1) is 0 Å². The van der Waals surface area contributed by atoms with Crippen LogP contribution >= 0.6 is 7.36 Å². The molecule has 0 saturated carbocycles. The molecule has 0 unspecified atom stereocenters. The molecule has 3 nitrogen and oxygen atoms in total. The topological polar surface area (TPSA) is 9.49 Å². The van der Waals surface area contributed by atoms with Crippen LogP contribution in [0.15, 0.2) is 0 Å². The van der Waals surface area contributed by atoms with E-state index in [2.05, 4.69) is 55.2 Å². The molecular formula is C13H32FN3P+. The highest BCUT2D eigenvalue weighted by molar-refractivity contribution is 7.58. The van der Waals surface area contributed by atoms with E-state index in [1.165, 1.54) is 0 Å². The zero-order valence-corrected chi connectivity index (χ0v) is 14.0. The molecule has 0 radical (unpaired) electrons. The predicted octanol–water partition coefficient (Wildman–Crippen LogP) is 3.68. The molecule has 0 aromatic carbocycles. The van der Waals surface area contributed by atoms with Crippen molar-refractivity contribution < 1.29 is 8.72 Å². The van der Waals surface area contributed by atoms with Gasteiger partial charge in [0.1, 0.15) is 13.1 Å². The fourth-order valence-electron chi connectivity index (χ4n) is 2.79. The highest BCUT2D eigenvalue weighted by Crippen LogP contribution is 2.55. The average Bonchev–Trinajstić information content (AvgIpc) is 2.41. The molecule has 0 amide bonds. The summed E-state index contributed by atoms with van der Waals surface area (Å²) in [7, 11) is -1.97. The second-order valence-corrected chi connectivity index (χ2v) is 7.55. The molecule has 0 aliphatic heterocycles. The quantitative estimate of drug-likeness (QED) is 0.596. The Kier molecular flexibility index (Phi) is 9.10. The van der Waals surface area contributed by atoms with Gasteiger partial charge in [-0.1, -0.05) is 27.7 Å². The monoisotopic (exact) mass is 280 g/mol. The van der Waals surface area contributed by atoms with Crippen LogP contribution in [-0.4, -0.2) is 59.4 Å². The maximum Gasteiger partial charge on any atom is 0.267 e. The van der Waals surface area contributed by atoms with Crippen molar-refractivity contribution in [2.75, 3.05) is 45.7 Å². The van der Waals surface area contributed by atoms with Crippen LogP contribution in [0.4, 0.5) is 4.39 Å². The van der Waals surface area contributed by atoms with Crippen molar-refractivity contribution in [2.24, 2.45) is 0 Å². The van der Waals surface area contributed by atoms with Gasteiger partial charge in [0, 0.05) is 26.2 Å². The zero-order valence-electron chi connectivity index (χ0n) is 13.1. The minimum Gasteiger partial charge on any atom is -0.237 e. The molecule has 18 heavy (non-hydrogen) atoms. The number of alkyl halides is 1. The molecule has 5 heteroatoms. The maximum absolute atomic E-state index is 14.1. The molecular weight excluding hydrogens is 248 g/mol. The lowest BCUT2D eigenvalue weighted by molar-refractivity contribution is -0.507. The number of hydrogen-bond donors (Lipinski definition) is 0. The zero-order chi connectivity index (χ0) is 14.2. The van der Waals surface area contributed by atoms with Gasteiger partial charge < -0.3 is 0 Å². The first kappa shape index (κ1) is 18.1. The fraction of sp³-hybridized carbons (Fsp3) is 1.00. The summed E-state index contributed by atoms with van der Waals surface area (Å²) >= 11 is 0. The molecule has 0 spiro atoms. The van der Waals surface area contributed by atoms with E-state index in [4.69, 9.17) is 0 Å². The van der Waals surface area contributed by atoms with Crippen LogP contribution < -0.4 is 0 Å². The lowest BCUT2D eigenvalue weighted by Gasteiger charge is -2.38. The highest BCUT2D eigenvalue weighted by atomic mass is 31.2. The van der Waals surface area contributed by atoms with Gasteiger partial charge in [0.15, 0.2) is 6.42 Å². The van der Waals surface area contributed by atoms with Crippen LogP contribution in [-0.2, 0) is 0 Å². The van der Waals surface area contributed by atoms with Crippen LogP contribution in [0.2, 0.25) is 0 Å². The average molecular weight is 280 g/mol. The molecule has 0 bridgehead atoms. The Hall–Kier alpha value is 0.0800. The van der Waals surface area contributed by atoms with Gasteiger partial charge in [0.05, 0.1) is 0 Å². The number of hydrogen-bond acceptors (Lipinski definition) is 0. The van der Waals surface area contributed by atoms with Gasteiger partial charge in [-0.15, -0.1) is 0 Å². The molecule has 110 valence electrons. The van der Waals surface area contributed by atoms with Gasteiger partial charge in [0.2, 0.25) is 0 Å². The molecule has 0 aromatic heterocycles. The second kappa shape index (κ2) is 9.06. The summed E-state index contributed by atoms with van der Waals surface area (Å²) < 4.78 is 21.2. The molecule has 0 N–H and O–H groups in total. The minimum absolute atomic E-state index is 0.238. The van der Waals surface area contributed by atoms with Crippen molar-refractivity contribution in [3.63, 3.8) is 0 Å². The van der Waals surface area contributed by atoms with Gasteiger partial charge >= 0.3 is 0 Å². The first-order valence-electron chi connectivity index (χ1n) is 7.32. The van der Waals surface area contributed by atoms with Crippen molar-refractivity contribution in [3.8, 4) is 0 Å². The Labute approximate surface area is 113 Å². The highest BCUT2D eigenvalue weighted by Gasteiger charge is 2.40. The Balaban J connectivity index is 5.97. The van der Waals surface area contributed by atoms with Crippen molar-refractivity contribution >= 4 is 7.36 Å². The summed E-state index contributed by atoms with van der Waals surface area (Å²) in [5.74, 6) is 0. The molecule has 0 heterocycles. The Bertz CT molecular complexity index is 251. The van der Waals surface area contributed by atoms with E-state index in [9.17, 15) is 4.39 Å². The van der Waals surface area contributed by atoms with E-state index in [-0.39, 0.29) is 6.42 Å². The number of halogens is 1. The molecule has 0 aliphatic rings.